The largest absolute Gasteiger partial charge is 0.451 e. The van der Waals surface area contributed by atoms with Crippen LogP contribution in [0.4, 0.5) is 13.2 Å². The summed E-state index contributed by atoms with van der Waals surface area (Å²) in [5.74, 6) is -1.78. The van der Waals surface area contributed by atoms with Gasteiger partial charge in [-0.05, 0) is 23.3 Å². The highest BCUT2D eigenvalue weighted by Crippen LogP contribution is 2.40. The average molecular weight is 407 g/mol. The van der Waals surface area contributed by atoms with Gasteiger partial charge in [0.2, 0.25) is 11.7 Å². The van der Waals surface area contributed by atoms with Gasteiger partial charge in [-0.3, -0.25) is 4.79 Å². The van der Waals surface area contributed by atoms with Crippen molar-refractivity contribution < 1.29 is 22.4 Å². The van der Waals surface area contributed by atoms with Gasteiger partial charge in [-0.1, -0.05) is 66.7 Å². The number of rotatable bonds is 3. The van der Waals surface area contributed by atoms with Gasteiger partial charge >= 0.3 is 6.18 Å². The summed E-state index contributed by atoms with van der Waals surface area (Å²) in [5, 5.41) is 0.243. The first kappa shape index (κ1) is 19.6. The van der Waals surface area contributed by atoms with Crippen LogP contribution in [0.2, 0.25) is 0 Å². The molecule has 0 saturated carbocycles. The number of halogens is 3. The fraction of sp³-hybridized carbons (Fsp3) is 0.0833. The number of aliphatic imine (C=N–C) groups is 1. The number of fused-ring (bicyclic) bond motifs is 1. The number of hydrogen-bond donors (Lipinski definition) is 0. The van der Waals surface area contributed by atoms with E-state index >= 15 is 0 Å². The molecule has 0 aliphatic heterocycles. The molecule has 0 unspecified atom stereocenters. The lowest BCUT2D eigenvalue weighted by Gasteiger charge is -2.10. The number of hydrogen-bond acceptors (Lipinski definition) is 2. The molecular weight excluding hydrogens is 391 g/mol. The molecule has 0 atom stereocenters. The molecule has 150 valence electrons. The van der Waals surface area contributed by atoms with Crippen molar-refractivity contribution in [1.82, 2.24) is 0 Å². The molecule has 3 aromatic carbocycles. The van der Waals surface area contributed by atoms with Gasteiger partial charge in [-0.15, -0.1) is 0 Å². The molecule has 4 aromatic rings. The van der Waals surface area contributed by atoms with Crippen molar-refractivity contribution in [2.24, 2.45) is 4.99 Å². The maximum Gasteiger partial charge on any atom is 0.450 e. The molecule has 1 amide bonds. The minimum absolute atomic E-state index is 0.0700. The molecule has 6 heteroatoms. The van der Waals surface area contributed by atoms with Gasteiger partial charge in [0.15, 0.2) is 0 Å². The first-order valence-corrected chi connectivity index (χ1v) is 9.19. The number of nitrogens with zero attached hydrogens (tertiary/aromatic N) is 1. The predicted molar refractivity (Wildman–Crippen MR) is 109 cm³/mol. The Morgan fingerprint density at radius 3 is 2.10 bits per heavy atom. The quantitative estimate of drug-likeness (QED) is 0.364. The second kappa shape index (κ2) is 7.63. The third-order valence-electron chi connectivity index (χ3n) is 4.61. The van der Waals surface area contributed by atoms with E-state index in [9.17, 15) is 18.0 Å². The molecule has 0 bridgehead atoms. The average Bonchev–Trinajstić information content (AvgIpc) is 3.12. The number of furan rings is 1. The Hall–Kier alpha value is -3.67. The number of carbonyl (C=O) groups excluding carboxylic acids is 1. The summed E-state index contributed by atoms with van der Waals surface area (Å²) >= 11 is 0. The highest BCUT2D eigenvalue weighted by Gasteiger charge is 2.41. The Labute approximate surface area is 170 Å². The fourth-order valence-electron chi connectivity index (χ4n) is 3.36. The van der Waals surface area contributed by atoms with E-state index in [-0.39, 0.29) is 22.2 Å². The van der Waals surface area contributed by atoms with E-state index in [2.05, 4.69) is 4.99 Å². The normalized spacial score (nSPS) is 12.3. The van der Waals surface area contributed by atoms with Gasteiger partial charge < -0.3 is 4.42 Å². The van der Waals surface area contributed by atoms with Crippen LogP contribution in [0.3, 0.4) is 0 Å². The van der Waals surface area contributed by atoms with Crippen molar-refractivity contribution in [1.29, 1.82) is 0 Å². The van der Waals surface area contributed by atoms with E-state index in [1.54, 1.807) is 42.5 Å². The van der Waals surface area contributed by atoms with Crippen LogP contribution in [0.1, 0.15) is 23.8 Å². The van der Waals surface area contributed by atoms with Crippen molar-refractivity contribution in [3.8, 4) is 11.1 Å². The maximum atomic E-state index is 13.9. The topological polar surface area (TPSA) is 42.6 Å². The summed E-state index contributed by atoms with van der Waals surface area (Å²) in [7, 11) is 0. The zero-order chi connectivity index (χ0) is 21.3. The highest BCUT2D eigenvalue weighted by atomic mass is 19.4. The lowest BCUT2D eigenvalue weighted by molar-refractivity contribution is -0.152. The molecule has 30 heavy (non-hydrogen) atoms. The summed E-state index contributed by atoms with van der Waals surface area (Å²) in [6, 6.07) is 22.5. The molecule has 0 aliphatic rings. The first-order chi connectivity index (χ1) is 14.3. The molecule has 1 heterocycles. The number of benzene rings is 3. The number of amides is 1. The van der Waals surface area contributed by atoms with Crippen LogP contribution < -0.4 is 0 Å². The van der Waals surface area contributed by atoms with Crippen LogP contribution in [0.25, 0.3) is 22.1 Å². The van der Waals surface area contributed by atoms with Gasteiger partial charge in [0, 0.05) is 17.9 Å². The Bertz CT molecular complexity index is 1240. The van der Waals surface area contributed by atoms with Crippen LogP contribution in [0.5, 0.6) is 0 Å². The molecule has 0 fully saturated rings. The summed E-state index contributed by atoms with van der Waals surface area (Å²) < 4.78 is 46.9. The molecule has 4 rings (SSSR count). The van der Waals surface area contributed by atoms with E-state index in [4.69, 9.17) is 4.42 Å². The molecule has 0 radical (unpaired) electrons. The van der Waals surface area contributed by atoms with Crippen LogP contribution in [-0.2, 0) is 11.0 Å². The Morgan fingerprint density at radius 2 is 1.50 bits per heavy atom. The monoisotopic (exact) mass is 407 g/mol. The number of alkyl halides is 3. The minimum Gasteiger partial charge on any atom is -0.451 e. The first-order valence-electron chi connectivity index (χ1n) is 9.19. The standard InChI is InChI=1S/C24H16F3NO2/c1-15(29)28-22(17-10-6-3-7-11-17)21-19-14-18(16-8-4-2-5-9-16)12-13-20(19)30-23(21)24(25,26)27/h2-14H,1H3. The highest BCUT2D eigenvalue weighted by molar-refractivity contribution is 6.22. The van der Waals surface area contributed by atoms with Crippen molar-refractivity contribution in [2.75, 3.05) is 0 Å². The van der Waals surface area contributed by atoms with Crippen molar-refractivity contribution >= 4 is 22.6 Å². The molecule has 0 spiro atoms. The van der Waals surface area contributed by atoms with E-state index in [1.165, 1.54) is 13.0 Å². The molecule has 1 aromatic heterocycles. The fourth-order valence-corrected chi connectivity index (χ4v) is 3.36. The molecule has 0 aliphatic carbocycles. The van der Waals surface area contributed by atoms with Gasteiger partial charge in [-0.25, -0.2) is 4.99 Å². The van der Waals surface area contributed by atoms with Gasteiger partial charge in [0.1, 0.15) is 5.58 Å². The predicted octanol–water partition coefficient (Wildman–Crippen LogP) is 6.50. The SMILES string of the molecule is CC(=O)N=C(c1ccccc1)c1c(C(F)(F)F)oc2ccc(-c3ccccc3)cc12. The summed E-state index contributed by atoms with van der Waals surface area (Å²) in [6.45, 7) is 1.20. The maximum absolute atomic E-state index is 13.9. The second-order valence-corrected chi connectivity index (χ2v) is 6.73. The minimum atomic E-state index is -4.76. The third kappa shape index (κ3) is 3.76. The summed E-state index contributed by atoms with van der Waals surface area (Å²) in [6.07, 6.45) is -4.76. The van der Waals surface area contributed by atoms with Gasteiger partial charge in [0.05, 0.1) is 11.3 Å². The lowest BCUT2D eigenvalue weighted by atomic mass is 9.96. The zero-order valence-electron chi connectivity index (χ0n) is 15.9. The zero-order valence-corrected chi connectivity index (χ0v) is 15.9. The number of carbonyl (C=O) groups is 1. The smallest absolute Gasteiger partial charge is 0.450 e. The summed E-state index contributed by atoms with van der Waals surface area (Å²) in [4.78, 5) is 15.7. The van der Waals surface area contributed by atoms with Crippen LogP contribution in [0.15, 0.2) is 88.3 Å². The lowest BCUT2D eigenvalue weighted by Crippen LogP contribution is -2.13. The van der Waals surface area contributed by atoms with Gasteiger partial charge in [0.25, 0.3) is 0 Å². The van der Waals surface area contributed by atoms with E-state index in [0.717, 1.165) is 11.1 Å². The van der Waals surface area contributed by atoms with Crippen molar-refractivity contribution in [3.63, 3.8) is 0 Å². The third-order valence-corrected chi connectivity index (χ3v) is 4.61. The van der Waals surface area contributed by atoms with E-state index in [0.29, 0.717) is 5.56 Å². The van der Waals surface area contributed by atoms with Crippen LogP contribution in [0, 0.1) is 0 Å². The Balaban J connectivity index is 2.05. The molecule has 0 N–H and O–H groups in total. The van der Waals surface area contributed by atoms with Crippen LogP contribution >= 0.6 is 0 Å². The second-order valence-electron chi connectivity index (χ2n) is 6.73. The molecule has 3 nitrogen and oxygen atoms in total. The summed E-state index contributed by atoms with van der Waals surface area (Å²) in [5.41, 5.74) is 1.74. The Morgan fingerprint density at radius 1 is 0.867 bits per heavy atom. The molecule has 0 saturated heterocycles. The van der Waals surface area contributed by atoms with Gasteiger partial charge in [-0.2, -0.15) is 13.2 Å². The Kier molecular flexibility index (Phi) is 4.99. The molecular formula is C24H16F3NO2. The van der Waals surface area contributed by atoms with Crippen LogP contribution in [-0.4, -0.2) is 11.6 Å². The van der Waals surface area contributed by atoms with Crippen molar-refractivity contribution in [2.45, 2.75) is 13.1 Å². The van der Waals surface area contributed by atoms with E-state index in [1.807, 2.05) is 30.3 Å². The van der Waals surface area contributed by atoms with Crippen molar-refractivity contribution in [3.05, 3.63) is 95.7 Å². The van der Waals surface area contributed by atoms with E-state index < -0.39 is 17.8 Å².